The molecule has 0 aliphatic carbocycles. The second kappa shape index (κ2) is 9.92. The van der Waals surface area contributed by atoms with Crippen molar-refractivity contribution < 1.29 is 29.3 Å². The molecule has 0 unspecified atom stereocenters. The van der Waals surface area contributed by atoms with E-state index in [9.17, 15) is 19.8 Å². The Balaban J connectivity index is 2.05. The molecule has 2 amide bonds. The lowest BCUT2D eigenvalue weighted by atomic mass is 10.1. The van der Waals surface area contributed by atoms with Crippen molar-refractivity contribution in [2.24, 2.45) is 10.2 Å². The second-order valence-electron chi connectivity index (χ2n) is 6.04. The summed E-state index contributed by atoms with van der Waals surface area (Å²) < 4.78 is 10.2. The van der Waals surface area contributed by atoms with E-state index in [0.29, 0.717) is 22.6 Å². The third-order valence-corrected chi connectivity index (χ3v) is 4.04. The van der Waals surface area contributed by atoms with Crippen molar-refractivity contribution in [2.45, 2.75) is 13.8 Å². The minimum atomic E-state index is -1.07. The largest absolute Gasteiger partial charge is 0.507 e. The number of hydrogen-bond acceptors (Lipinski definition) is 8. The molecule has 10 heteroatoms. The predicted octanol–water partition coefficient (Wildman–Crippen LogP) is 1.50. The SMILES string of the molecule is COc1ccc(O)c(/C(C)=N/NC(=O)C(=O)N/N=C(\C)c2cc(OC)ccc2O)c1. The number of carbonyl (C=O) groups excluding carboxylic acids is 2. The predicted molar refractivity (Wildman–Crippen MR) is 110 cm³/mol. The van der Waals surface area contributed by atoms with Gasteiger partial charge in [-0.1, -0.05) is 0 Å². The highest BCUT2D eigenvalue weighted by atomic mass is 16.5. The van der Waals surface area contributed by atoms with Crippen LogP contribution in [-0.2, 0) is 9.59 Å². The van der Waals surface area contributed by atoms with E-state index in [4.69, 9.17) is 9.47 Å². The topological polar surface area (TPSA) is 142 Å². The number of nitrogens with one attached hydrogen (secondary N) is 2. The third-order valence-electron chi connectivity index (χ3n) is 4.04. The lowest BCUT2D eigenvalue weighted by molar-refractivity contribution is -0.139. The third kappa shape index (κ3) is 5.47. The highest BCUT2D eigenvalue weighted by Crippen LogP contribution is 2.24. The number of methoxy groups -OCH3 is 2. The molecule has 0 aromatic heterocycles. The van der Waals surface area contributed by atoms with Gasteiger partial charge in [0.05, 0.1) is 25.6 Å². The number of phenolic OH excluding ortho intramolecular Hbond substituents is 2. The Hall–Kier alpha value is -4.08. The number of hydrogen-bond donors (Lipinski definition) is 4. The highest BCUT2D eigenvalue weighted by Gasteiger charge is 2.14. The monoisotopic (exact) mass is 414 g/mol. The van der Waals surface area contributed by atoms with Gasteiger partial charge in [0.1, 0.15) is 23.0 Å². The number of amides is 2. The van der Waals surface area contributed by atoms with E-state index in [1.54, 1.807) is 26.0 Å². The Bertz CT molecular complexity index is 935. The molecule has 10 nitrogen and oxygen atoms in total. The zero-order valence-electron chi connectivity index (χ0n) is 16.9. The van der Waals surface area contributed by atoms with Gasteiger partial charge >= 0.3 is 11.8 Å². The molecule has 4 N–H and O–H groups in total. The zero-order chi connectivity index (χ0) is 22.3. The summed E-state index contributed by atoms with van der Waals surface area (Å²) in [6.07, 6.45) is 0. The standard InChI is InChI=1S/C20H22N4O6/c1-11(15-9-13(29-3)5-7-17(15)25)21-23-19(27)20(28)24-22-12(2)16-10-14(30-4)6-8-18(16)26/h5-10,25-26H,1-4H3,(H,23,27)(H,24,28)/b21-11+,22-12+. The molecule has 0 heterocycles. The molecule has 0 saturated heterocycles. The average Bonchev–Trinajstić information content (AvgIpc) is 2.75. The normalized spacial score (nSPS) is 11.6. The maximum atomic E-state index is 11.9. The van der Waals surface area contributed by atoms with E-state index >= 15 is 0 Å². The first-order chi connectivity index (χ1) is 14.3. The number of hydrazone groups is 2. The Kier molecular flexibility index (Phi) is 7.34. The number of benzene rings is 2. The van der Waals surface area contributed by atoms with Crippen LogP contribution in [0.4, 0.5) is 0 Å². The fourth-order valence-electron chi connectivity index (χ4n) is 2.36. The molecule has 158 valence electrons. The quantitative estimate of drug-likeness (QED) is 0.321. The first-order valence-corrected chi connectivity index (χ1v) is 8.70. The number of nitrogens with zero attached hydrogens (tertiary/aromatic N) is 2. The van der Waals surface area contributed by atoms with Crippen LogP contribution in [0.15, 0.2) is 46.6 Å². The van der Waals surface area contributed by atoms with Crippen molar-refractivity contribution in [1.82, 2.24) is 10.9 Å². The summed E-state index contributed by atoms with van der Waals surface area (Å²) in [5.41, 5.74) is 5.35. The summed E-state index contributed by atoms with van der Waals surface area (Å²) in [6.45, 7) is 3.08. The van der Waals surface area contributed by atoms with Crippen molar-refractivity contribution in [3.05, 3.63) is 47.5 Å². The van der Waals surface area contributed by atoms with Crippen molar-refractivity contribution in [2.75, 3.05) is 14.2 Å². The smallest absolute Gasteiger partial charge is 0.331 e. The molecular formula is C20H22N4O6. The van der Waals surface area contributed by atoms with Gasteiger partial charge in [-0.25, -0.2) is 10.9 Å². The van der Waals surface area contributed by atoms with E-state index < -0.39 is 11.8 Å². The molecule has 2 rings (SSSR count). The van der Waals surface area contributed by atoms with Gasteiger partial charge in [-0.2, -0.15) is 10.2 Å². The molecule has 2 aromatic rings. The summed E-state index contributed by atoms with van der Waals surface area (Å²) in [5.74, 6) is -1.27. The summed E-state index contributed by atoms with van der Waals surface area (Å²) in [7, 11) is 2.95. The van der Waals surface area contributed by atoms with Gasteiger partial charge < -0.3 is 19.7 Å². The lowest BCUT2D eigenvalue weighted by Crippen LogP contribution is -2.36. The summed E-state index contributed by atoms with van der Waals surface area (Å²) in [5, 5.41) is 27.4. The Morgan fingerprint density at radius 2 is 1.13 bits per heavy atom. The molecule has 0 radical (unpaired) electrons. The molecule has 0 aliphatic heterocycles. The van der Waals surface area contributed by atoms with Crippen molar-refractivity contribution >= 4 is 23.2 Å². The van der Waals surface area contributed by atoms with Crippen LogP contribution in [-0.4, -0.2) is 47.7 Å². The minimum absolute atomic E-state index is 0.0610. The first kappa shape index (κ1) is 22.2. The molecule has 0 aliphatic rings. The Morgan fingerprint density at radius 3 is 1.47 bits per heavy atom. The van der Waals surface area contributed by atoms with E-state index in [-0.39, 0.29) is 22.9 Å². The van der Waals surface area contributed by atoms with Crippen molar-refractivity contribution in [1.29, 1.82) is 0 Å². The van der Waals surface area contributed by atoms with Gasteiger partial charge in [0.25, 0.3) is 0 Å². The second-order valence-corrected chi connectivity index (χ2v) is 6.04. The first-order valence-electron chi connectivity index (χ1n) is 8.70. The van der Waals surface area contributed by atoms with E-state index in [0.717, 1.165) is 0 Å². The number of aromatic hydroxyl groups is 2. The van der Waals surface area contributed by atoms with Gasteiger partial charge in [-0.15, -0.1) is 0 Å². The van der Waals surface area contributed by atoms with Crippen LogP contribution in [0.1, 0.15) is 25.0 Å². The molecule has 0 atom stereocenters. The summed E-state index contributed by atoms with van der Waals surface area (Å²) in [6, 6.07) is 9.06. The summed E-state index contributed by atoms with van der Waals surface area (Å²) >= 11 is 0. The Morgan fingerprint density at radius 1 is 0.767 bits per heavy atom. The zero-order valence-corrected chi connectivity index (χ0v) is 16.9. The van der Waals surface area contributed by atoms with E-state index in [1.165, 1.54) is 38.5 Å². The van der Waals surface area contributed by atoms with Crippen LogP contribution in [0.3, 0.4) is 0 Å². The van der Waals surface area contributed by atoms with Crippen LogP contribution >= 0.6 is 0 Å². The molecular weight excluding hydrogens is 392 g/mol. The maximum Gasteiger partial charge on any atom is 0.331 e. The lowest BCUT2D eigenvalue weighted by Gasteiger charge is -2.08. The van der Waals surface area contributed by atoms with Crippen LogP contribution in [0, 0.1) is 0 Å². The van der Waals surface area contributed by atoms with Crippen LogP contribution in [0.2, 0.25) is 0 Å². The van der Waals surface area contributed by atoms with E-state index in [1.807, 2.05) is 0 Å². The van der Waals surface area contributed by atoms with Crippen LogP contribution < -0.4 is 20.3 Å². The molecule has 2 aromatic carbocycles. The number of carbonyl (C=O) groups is 2. The number of ether oxygens (including phenoxy) is 2. The Labute approximate surface area is 172 Å². The fraction of sp³-hybridized carbons (Fsp3) is 0.200. The average molecular weight is 414 g/mol. The van der Waals surface area contributed by atoms with E-state index in [2.05, 4.69) is 21.1 Å². The molecule has 30 heavy (non-hydrogen) atoms. The van der Waals surface area contributed by atoms with Gasteiger partial charge in [0.2, 0.25) is 0 Å². The van der Waals surface area contributed by atoms with Crippen molar-refractivity contribution in [3.63, 3.8) is 0 Å². The van der Waals surface area contributed by atoms with Gasteiger partial charge in [0, 0.05) is 11.1 Å². The van der Waals surface area contributed by atoms with Crippen LogP contribution in [0.25, 0.3) is 0 Å². The van der Waals surface area contributed by atoms with Gasteiger partial charge in [-0.3, -0.25) is 9.59 Å². The fourth-order valence-corrected chi connectivity index (χ4v) is 2.36. The molecule has 0 spiro atoms. The molecule has 0 fully saturated rings. The number of phenols is 2. The summed E-state index contributed by atoms with van der Waals surface area (Å²) in [4.78, 5) is 23.9. The molecule has 0 saturated carbocycles. The van der Waals surface area contributed by atoms with Gasteiger partial charge in [-0.05, 0) is 50.2 Å². The minimum Gasteiger partial charge on any atom is -0.507 e. The van der Waals surface area contributed by atoms with Gasteiger partial charge in [0.15, 0.2) is 0 Å². The highest BCUT2D eigenvalue weighted by molar-refractivity contribution is 6.35. The maximum absolute atomic E-state index is 11.9. The molecule has 0 bridgehead atoms. The van der Waals surface area contributed by atoms with Crippen LogP contribution in [0.5, 0.6) is 23.0 Å². The van der Waals surface area contributed by atoms with Crippen molar-refractivity contribution in [3.8, 4) is 23.0 Å². The number of rotatable bonds is 6.